The maximum absolute atomic E-state index is 11.6. The van der Waals surface area contributed by atoms with Crippen LogP contribution in [0, 0.1) is 0 Å². The molecule has 21 heavy (non-hydrogen) atoms. The Morgan fingerprint density at radius 3 is 2.76 bits per heavy atom. The number of ether oxygens (including phenoxy) is 1. The summed E-state index contributed by atoms with van der Waals surface area (Å²) < 4.78 is 5.35. The zero-order chi connectivity index (χ0) is 15.9. The van der Waals surface area contributed by atoms with Crippen LogP contribution in [-0.2, 0) is 9.59 Å². The van der Waals surface area contributed by atoms with Gasteiger partial charge in [-0.2, -0.15) is 0 Å². The SMILES string of the molecule is CC(O)(CNC(=O)CCOc1cccc(Cl)c1)CC(=O)O. The van der Waals surface area contributed by atoms with Gasteiger partial charge in [0.05, 0.1) is 25.0 Å². The van der Waals surface area contributed by atoms with Crippen LogP contribution in [0.1, 0.15) is 19.8 Å². The highest BCUT2D eigenvalue weighted by Gasteiger charge is 2.24. The van der Waals surface area contributed by atoms with Gasteiger partial charge < -0.3 is 20.3 Å². The quantitative estimate of drug-likeness (QED) is 0.675. The molecule has 0 radical (unpaired) electrons. The number of benzene rings is 1. The molecule has 0 aliphatic heterocycles. The first-order valence-corrected chi connectivity index (χ1v) is 6.75. The van der Waals surface area contributed by atoms with E-state index in [2.05, 4.69) is 5.32 Å². The maximum Gasteiger partial charge on any atom is 0.306 e. The Morgan fingerprint density at radius 1 is 1.43 bits per heavy atom. The van der Waals surface area contributed by atoms with Crippen LogP contribution in [0.25, 0.3) is 0 Å². The highest BCUT2D eigenvalue weighted by atomic mass is 35.5. The number of nitrogens with one attached hydrogen (secondary N) is 1. The number of carbonyl (C=O) groups is 2. The summed E-state index contributed by atoms with van der Waals surface area (Å²) in [4.78, 5) is 22.1. The van der Waals surface area contributed by atoms with E-state index in [4.69, 9.17) is 21.4 Å². The molecule has 1 aromatic carbocycles. The van der Waals surface area contributed by atoms with Gasteiger partial charge in [0.15, 0.2) is 0 Å². The van der Waals surface area contributed by atoms with Crippen LogP contribution in [-0.4, -0.2) is 40.8 Å². The number of aliphatic carboxylic acids is 1. The van der Waals surface area contributed by atoms with E-state index in [9.17, 15) is 14.7 Å². The number of carbonyl (C=O) groups excluding carboxylic acids is 1. The largest absolute Gasteiger partial charge is 0.493 e. The predicted octanol–water partition coefficient (Wildman–Crippen LogP) is 1.45. The van der Waals surface area contributed by atoms with Crippen molar-refractivity contribution in [2.75, 3.05) is 13.2 Å². The van der Waals surface area contributed by atoms with Crippen molar-refractivity contribution in [3.63, 3.8) is 0 Å². The van der Waals surface area contributed by atoms with Crippen molar-refractivity contribution in [3.05, 3.63) is 29.3 Å². The summed E-state index contributed by atoms with van der Waals surface area (Å²) in [6.45, 7) is 1.38. The third-order valence-corrected chi connectivity index (χ3v) is 2.83. The number of carboxylic acid groups (broad SMARTS) is 1. The second-order valence-corrected chi connectivity index (χ2v) is 5.34. The molecule has 0 fully saturated rings. The summed E-state index contributed by atoms with van der Waals surface area (Å²) in [5.74, 6) is -0.894. The fraction of sp³-hybridized carbons (Fsp3) is 0.429. The Balaban J connectivity index is 2.27. The topological polar surface area (TPSA) is 95.9 Å². The number of hydrogen-bond acceptors (Lipinski definition) is 4. The minimum Gasteiger partial charge on any atom is -0.493 e. The molecule has 0 heterocycles. The number of amides is 1. The zero-order valence-corrected chi connectivity index (χ0v) is 12.4. The van der Waals surface area contributed by atoms with Gasteiger partial charge in [-0.25, -0.2) is 0 Å². The summed E-state index contributed by atoms with van der Waals surface area (Å²) in [5.41, 5.74) is -1.48. The van der Waals surface area contributed by atoms with Crippen molar-refractivity contribution < 1.29 is 24.5 Å². The van der Waals surface area contributed by atoms with Crippen molar-refractivity contribution in [2.45, 2.75) is 25.4 Å². The van der Waals surface area contributed by atoms with Crippen LogP contribution in [0.2, 0.25) is 5.02 Å². The Morgan fingerprint density at radius 2 is 2.14 bits per heavy atom. The van der Waals surface area contributed by atoms with Gasteiger partial charge in [-0.05, 0) is 25.1 Å². The summed E-state index contributed by atoms with van der Waals surface area (Å²) in [7, 11) is 0. The lowest BCUT2D eigenvalue weighted by atomic mass is 10.0. The van der Waals surface area contributed by atoms with Crippen molar-refractivity contribution in [2.24, 2.45) is 0 Å². The van der Waals surface area contributed by atoms with E-state index < -0.39 is 18.0 Å². The molecule has 7 heteroatoms. The number of rotatable bonds is 8. The molecule has 0 spiro atoms. The molecule has 3 N–H and O–H groups in total. The lowest BCUT2D eigenvalue weighted by Crippen LogP contribution is -2.42. The van der Waals surface area contributed by atoms with Crippen LogP contribution in [0.15, 0.2) is 24.3 Å². The first-order chi connectivity index (χ1) is 9.78. The van der Waals surface area contributed by atoms with E-state index in [1.165, 1.54) is 6.92 Å². The molecule has 1 amide bonds. The molecule has 1 aromatic rings. The van der Waals surface area contributed by atoms with Gasteiger partial charge >= 0.3 is 5.97 Å². The highest BCUT2D eigenvalue weighted by Crippen LogP contribution is 2.17. The van der Waals surface area contributed by atoms with Crippen molar-refractivity contribution in [3.8, 4) is 5.75 Å². The molecule has 0 saturated carbocycles. The van der Waals surface area contributed by atoms with Crippen LogP contribution in [0.4, 0.5) is 0 Å². The van der Waals surface area contributed by atoms with E-state index >= 15 is 0 Å². The van der Waals surface area contributed by atoms with Gasteiger partial charge in [-0.1, -0.05) is 17.7 Å². The number of aliphatic hydroxyl groups is 1. The van der Waals surface area contributed by atoms with E-state index in [1.54, 1.807) is 24.3 Å². The average molecular weight is 316 g/mol. The minimum absolute atomic E-state index is 0.0929. The summed E-state index contributed by atoms with van der Waals surface area (Å²) >= 11 is 5.79. The normalized spacial score (nSPS) is 13.3. The van der Waals surface area contributed by atoms with Crippen molar-refractivity contribution >= 4 is 23.5 Å². The smallest absolute Gasteiger partial charge is 0.306 e. The molecule has 1 rings (SSSR count). The molecule has 116 valence electrons. The zero-order valence-electron chi connectivity index (χ0n) is 11.6. The van der Waals surface area contributed by atoms with Crippen molar-refractivity contribution in [1.82, 2.24) is 5.32 Å². The second-order valence-electron chi connectivity index (χ2n) is 4.90. The number of halogens is 1. The fourth-order valence-electron chi connectivity index (χ4n) is 1.58. The molecule has 0 bridgehead atoms. The van der Waals surface area contributed by atoms with Crippen LogP contribution >= 0.6 is 11.6 Å². The van der Waals surface area contributed by atoms with Crippen molar-refractivity contribution in [1.29, 1.82) is 0 Å². The summed E-state index contributed by atoms with van der Waals surface area (Å²) in [5, 5.41) is 21.3. The first kappa shape index (κ1) is 17.3. The first-order valence-electron chi connectivity index (χ1n) is 6.38. The molecule has 6 nitrogen and oxygen atoms in total. The predicted molar refractivity (Wildman–Crippen MR) is 77.5 cm³/mol. The lowest BCUT2D eigenvalue weighted by Gasteiger charge is -2.21. The van der Waals surface area contributed by atoms with Gasteiger partial charge in [0.25, 0.3) is 0 Å². The van der Waals surface area contributed by atoms with Gasteiger partial charge in [0.2, 0.25) is 5.91 Å². The summed E-state index contributed by atoms with van der Waals surface area (Å²) in [6.07, 6.45) is -0.345. The molecular weight excluding hydrogens is 298 g/mol. The van der Waals surface area contributed by atoms with E-state index in [-0.39, 0.29) is 25.5 Å². The van der Waals surface area contributed by atoms with Crippen LogP contribution in [0.3, 0.4) is 0 Å². The van der Waals surface area contributed by atoms with E-state index in [0.29, 0.717) is 10.8 Å². The average Bonchev–Trinajstić information content (AvgIpc) is 2.35. The molecule has 0 aromatic heterocycles. The maximum atomic E-state index is 11.6. The molecule has 0 saturated heterocycles. The second kappa shape index (κ2) is 7.85. The van der Waals surface area contributed by atoms with Crippen LogP contribution in [0.5, 0.6) is 5.75 Å². The van der Waals surface area contributed by atoms with Gasteiger partial charge in [0, 0.05) is 11.6 Å². The monoisotopic (exact) mass is 315 g/mol. The third-order valence-electron chi connectivity index (χ3n) is 2.59. The number of carboxylic acids is 1. The van der Waals surface area contributed by atoms with E-state index in [0.717, 1.165) is 0 Å². The van der Waals surface area contributed by atoms with Crippen LogP contribution < -0.4 is 10.1 Å². The molecular formula is C14H18ClNO5. The van der Waals surface area contributed by atoms with Gasteiger partial charge in [-0.3, -0.25) is 9.59 Å². The third kappa shape index (κ3) is 7.53. The Bertz CT molecular complexity index is 504. The molecule has 1 atom stereocenters. The Labute approximate surface area is 127 Å². The minimum atomic E-state index is -1.48. The fourth-order valence-corrected chi connectivity index (χ4v) is 1.76. The van der Waals surface area contributed by atoms with Gasteiger partial charge in [0.1, 0.15) is 5.75 Å². The molecule has 0 aliphatic rings. The standard InChI is InChI=1S/C14H18ClNO5/c1-14(20,8-13(18)19)9-16-12(17)5-6-21-11-4-2-3-10(15)7-11/h2-4,7,20H,5-6,8-9H2,1H3,(H,16,17)(H,18,19). The molecule has 1 unspecified atom stereocenters. The van der Waals surface area contributed by atoms with E-state index in [1.807, 2.05) is 0 Å². The summed E-state index contributed by atoms with van der Waals surface area (Å²) in [6, 6.07) is 6.81. The van der Waals surface area contributed by atoms with Gasteiger partial charge in [-0.15, -0.1) is 0 Å². The number of hydrogen-bond donors (Lipinski definition) is 3. The Kier molecular flexibility index (Phi) is 6.45. The lowest BCUT2D eigenvalue weighted by molar-refractivity contribution is -0.142. The highest BCUT2D eigenvalue weighted by molar-refractivity contribution is 6.30. The molecule has 0 aliphatic carbocycles. The Hall–Kier alpha value is -1.79.